The summed E-state index contributed by atoms with van der Waals surface area (Å²) < 4.78 is 5.47. The number of benzene rings is 2. The van der Waals surface area contributed by atoms with E-state index < -0.39 is 6.10 Å². The molecule has 3 aliphatic rings. The molecule has 2 bridgehead atoms. The second kappa shape index (κ2) is 8.42. The standard InChI is InChI=1S/C26H29ClN2O2/c1-3-16-15-29-10-9-17(16)12-25(29)26(30)22-14-24(18-5-4-6-19(27)11-18)28-23-8-7-20(31-2)13-21(22)23/h4-8,11,13-14,16-17,25-26,30H,3,9-10,12,15H2,1-2H3/t16-,17-,25-,26+/m0/s1. The average molecular weight is 437 g/mol. The van der Waals surface area contributed by atoms with Crippen molar-refractivity contribution in [3.05, 3.63) is 59.1 Å². The van der Waals surface area contributed by atoms with Crippen molar-refractivity contribution in [1.29, 1.82) is 0 Å². The van der Waals surface area contributed by atoms with Gasteiger partial charge >= 0.3 is 0 Å². The molecule has 1 N–H and O–H groups in total. The van der Waals surface area contributed by atoms with Crippen LogP contribution in [-0.4, -0.2) is 41.2 Å². The fourth-order valence-electron chi connectivity index (χ4n) is 5.58. The molecule has 0 spiro atoms. The third-order valence-corrected chi connectivity index (χ3v) is 7.55. The predicted octanol–water partition coefficient (Wildman–Crippen LogP) is 5.72. The summed E-state index contributed by atoms with van der Waals surface area (Å²) in [6.07, 6.45) is 2.95. The Labute approximate surface area is 188 Å². The molecule has 6 rings (SSSR count). The molecule has 3 aromatic rings. The largest absolute Gasteiger partial charge is 0.497 e. The lowest BCUT2D eigenvalue weighted by atomic mass is 9.72. The quantitative estimate of drug-likeness (QED) is 0.555. The van der Waals surface area contributed by atoms with Crippen LogP contribution in [0.2, 0.25) is 5.02 Å². The van der Waals surface area contributed by atoms with Crippen LogP contribution >= 0.6 is 11.6 Å². The highest BCUT2D eigenvalue weighted by Crippen LogP contribution is 2.43. The van der Waals surface area contributed by atoms with E-state index in [0.717, 1.165) is 58.9 Å². The molecule has 5 atom stereocenters. The number of hydrogen-bond donors (Lipinski definition) is 1. The average Bonchev–Trinajstić information content (AvgIpc) is 2.82. The molecule has 31 heavy (non-hydrogen) atoms. The number of rotatable bonds is 5. The van der Waals surface area contributed by atoms with Crippen molar-refractivity contribution in [3.8, 4) is 17.0 Å². The first-order valence-electron chi connectivity index (χ1n) is 11.2. The minimum absolute atomic E-state index is 0.144. The zero-order valence-corrected chi connectivity index (χ0v) is 18.8. The van der Waals surface area contributed by atoms with E-state index in [1.54, 1.807) is 7.11 Å². The summed E-state index contributed by atoms with van der Waals surface area (Å²) in [5, 5.41) is 13.3. The van der Waals surface area contributed by atoms with Crippen LogP contribution in [0.5, 0.6) is 5.75 Å². The maximum Gasteiger partial charge on any atom is 0.119 e. The Morgan fingerprint density at radius 1 is 1.23 bits per heavy atom. The predicted molar refractivity (Wildman–Crippen MR) is 126 cm³/mol. The molecule has 3 fully saturated rings. The van der Waals surface area contributed by atoms with Gasteiger partial charge in [-0.15, -0.1) is 0 Å². The topological polar surface area (TPSA) is 45.6 Å². The third kappa shape index (κ3) is 3.82. The van der Waals surface area contributed by atoms with Gasteiger partial charge in [0.15, 0.2) is 0 Å². The Morgan fingerprint density at radius 3 is 2.81 bits per heavy atom. The number of methoxy groups -OCH3 is 1. The van der Waals surface area contributed by atoms with Gasteiger partial charge in [0.2, 0.25) is 0 Å². The van der Waals surface area contributed by atoms with E-state index in [4.69, 9.17) is 21.3 Å². The van der Waals surface area contributed by atoms with Gasteiger partial charge in [0.25, 0.3) is 0 Å². The second-order valence-corrected chi connectivity index (χ2v) is 9.39. The summed E-state index contributed by atoms with van der Waals surface area (Å²) in [6.45, 7) is 4.46. The van der Waals surface area contributed by atoms with Gasteiger partial charge in [-0.2, -0.15) is 0 Å². The molecule has 3 saturated heterocycles. The number of fused-ring (bicyclic) bond motifs is 4. The minimum Gasteiger partial charge on any atom is -0.497 e. The Bertz CT molecular complexity index is 1100. The van der Waals surface area contributed by atoms with Crippen LogP contribution in [0.4, 0.5) is 0 Å². The number of aromatic nitrogens is 1. The Morgan fingerprint density at radius 2 is 2.10 bits per heavy atom. The molecule has 4 nitrogen and oxygen atoms in total. The summed E-state index contributed by atoms with van der Waals surface area (Å²) in [7, 11) is 1.67. The normalized spacial score (nSPS) is 26.2. The molecular formula is C26H29ClN2O2. The summed E-state index contributed by atoms with van der Waals surface area (Å²) in [4.78, 5) is 7.39. The fraction of sp³-hybridized carbons (Fsp3) is 0.423. The van der Waals surface area contributed by atoms with Crippen molar-refractivity contribution >= 4 is 22.5 Å². The van der Waals surface area contributed by atoms with Gasteiger partial charge in [0, 0.05) is 28.6 Å². The first-order valence-corrected chi connectivity index (χ1v) is 11.6. The van der Waals surface area contributed by atoms with Crippen LogP contribution in [0, 0.1) is 11.8 Å². The molecule has 0 saturated carbocycles. The Balaban J connectivity index is 1.60. The smallest absolute Gasteiger partial charge is 0.119 e. The van der Waals surface area contributed by atoms with E-state index in [-0.39, 0.29) is 6.04 Å². The number of hydrogen-bond acceptors (Lipinski definition) is 4. The van der Waals surface area contributed by atoms with Crippen molar-refractivity contribution in [1.82, 2.24) is 9.88 Å². The fourth-order valence-corrected chi connectivity index (χ4v) is 5.77. The van der Waals surface area contributed by atoms with E-state index in [9.17, 15) is 5.11 Å². The van der Waals surface area contributed by atoms with Crippen LogP contribution in [0.15, 0.2) is 48.5 Å². The summed E-state index contributed by atoms with van der Waals surface area (Å²) in [6, 6.07) is 15.8. The first-order chi connectivity index (χ1) is 15.1. The zero-order chi connectivity index (χ0) is 21.5. The Hall–Kier alpha value is -2.14. The molecule has 4 heterocycles. The molecular weight excluding hydrogens is 408 g/mol. The van der Waals surface area contributed by atoms with Crippen LogP contribution in [0.1, 0.15) is 37.9 Å². The number of piperidine rings is 3. The number of aliphatic hydroxyl groups is 1. The van der Waals surface area contributed by atoms with Crippen LogP contribution in [0.25, 0.3) is 22.2 Å². The van der Waals surface area contributed by atoms with E-state index >= 15 is 0 Å². The van der Waals surface area contributed by atoms with Gasteiger partial charge in [0.1, 0.15) is 5.75 Å². The van der Waals surface area contributed by atoms with Crippen LogP contribution in [-0.2, 0) is 0 Å². The molecule has 0 radical (unpaired) electrons. The lowest BCUT2D eigenvalue weighted by Gasteiger charge is -2.51. The molecule has 3 aliphatic heterocycles. The lowest BCUT2D eigenvalue weighted by molar-refractivity contribution is -0.0562. The van der Waals surface area contributed by atoms with Gasteiger partial charge < -0.3 is 9.84 Å². The number of aliphatic hydroxyl groups excluding tert-OH is 1. The maximum atomic E-state index is 11.7. The molecule has 0 aliphatic carbocycles. The van der Waals surface area contributed by atoms with Gasteiger partial charge in [-0.25, -0.2) is 4.98 Å². The summed E-state index contributed by atoms with van der Waals surface area (Å²) in [5.41, 5.74) is 3.56. The van der Waals surface area contributed by atoms with Gasteiger partial charge in [0.05, 0.1) is 24.4 Å². The van der Waals surface area contributed by atoms with E-state index in [1.807, 2.05) is 48.5 Å². The van der Waals surface area contributed by atoms with Crippen molar-refractivity contribution in [2.75, 3.05) is 20.2 Å². The van der Waals surface area contributed by atoms with E-state index in [2.05, 4.69) is 11.8 Å². The highest BCUT2D eigenvalue weighted by Gasteiger charge is 2.42. The van der Waals surface area contributed by atoms with Crippen molar-refractivity contribution in [2.24, 2.45) is 11.8 Å². The van der Waals surface area contributed by atoms with E-state index in [1.165, 1.54) is 12.8 Å². The Kier molecular flexibility index (Phi) is 5.63. The van der Waals surface area contributed by atoms with Gasteiger partial charge in [-0.1, -0.05) is 37.1 Å². The number of ether oxygens (including phenoxy) is 1. The summed E-state index contributed by atoms with van der Waals surface area (Å²) in [5.74, 6) is 2.24. The molecule has 2 aromatic carbocycles. The lowest BCUT2D eigenvalue weighted by Crippen LogP contribution is -2.55. The number of halogens is 1. The maximum absolute atomic E-state index is 11.7. The second-order valence-electron chi connectivity index (χ2n) is 8.95. The molecule has 1 aromatic heterocycles. The number of pyridine rings is 1. The monoisotopic (exact) mass is 436 g/mol. The minimum atomic E-state index is -0.573. The van der Waals surface area contributed by atoms with Crippen molar-refractivity contribution < 1.29 is 9.84 Å². The zero-order valence-electron chi connectivity index (χ0n) is 18.1. The molecule has 162 valence electrons. The first kappa shape index (κ1) is 20.7. The third-order valence-electron chi connectivity index (χ3n) is 7.31. The van der Waals surface area contributed by atoms with Crippen LogP contribution < -0.4 is 4.74 Å². The molecule has 1 unspecified atom stereocenters. The summed E-state index contributed by atoms with van der Waals surface area (Å²) >= 11 is 6.25. The van der Waals surface area contributed by atoms with E-state index in [0.29, 0.717) is 10.9 Å². The van der Waals surface area contributed by atoms with Gasteiger partial charge in [-0.05, 0) is 73.2 Å². The van der Waals surface area contributed by atoms with Crippen molar-refractivity contribution in [3.63, 3.8) is 0 Å². The molecule has 5 heteroatoms. The molecule has 0 amide bonds. The van der Waals surface area contributed by atoms with Crippen LogP contribution in [0.3, 0.4) is 0 Å². The van der Waals surface area contributed by atoms with Gasteiger partial charge in [-0.3, -0.25) is 4.90 Å². The highest BCUT2D eigenvalue weighted by atomic mass is 35.5. The highest BCUT2D eigenvalue weighted by molar-refractivity contribution is 6.30. The van der Waals surface area contributed by atoms with Crippen molar-refractivity contribution in [2.45, 2.75) is 38.3 Å². The number of nitrogens with zero attached hydrogens (tertiary/aromatic N) is 2. The SMILES string of the molecule is CC[C@H]1CN2CC[C@H]1C[C@H]2[C@H](O)c1cc(-c2cccc(Cl)c2)nc2ccc(OC)cc12.